The van der Waals surface area contributed by atoms with E-state index in [0.717, 1.165) is 22.9 Å². The van der Waals surface area contributed by atoms with Crippen molar-refractivity contribution < 1.29 is 19.4 Å². The number of H-pyrrole nitrogens is 1. The second kappa shape index (κ2) is 5.36. The van der Waals surface area contributed by atoms with Crippen molar-refractivity contribution >= 4 is 22.8 Å². The van der Waals surface area contributed by atoms with Crippen molar-refractivity contribution in [3.63, 3.8) is 0 Å². The van der Waals surface area contributed by atoms with Crippen molar-refractivity contribution in [2.45, 2.75) is 31.2 Å². The molecule has 6 nitrogen and oxygen atoms in total. The standard InChI is InChI=1S/C16H18N2O4/c1-22-12-5-2-4-11-14(12)10(9-17-11)8-13(19)18-16(15(20)21)6-3-7-16/h2,4-5,9,17H,3,6-8H2,1H3,(H,18,19)(H,20,21). The van der Waals surface area contributed by atoms with Crippen molar-refractivity contribution in [3.8, 4) is 5.75 Å². The average molecular weight is 302 g/mol. The van der Waals surface area contributed by atoms with Crippen LogP contribution in [-0.4, -0.2) is 34.6 Å². The van der Waals surface area contributed by atoms with Crippen molar-refractivity contribution in [2.24, 2.45) is 0 Å². The summed E-state index contributed by atoms with van der Waals surface area (Å²) in [6.45, 7) is 0. The largest absolute Gasteiger partial charge is 0.496 e. The van der Waals surface area contributed by atoms with Crippen molar-refractivity contribution in [1.82, 2.24) is 10.3 Å². The van der Waals surface area contributed by atoms with Crippen LogP contribution in [0, 0.1) is 0 Å². The van der Waals surface area contributed by atoms with Crippen molar-refractivity contribution in [1.29, 1.82) is 0 Å². The van der Waals surface area contributed by atoms with Crippen LogP contribution in [0.25, 0.3) is 10.9 Å². The van der Waals surface area contributed by atoms with Crippen LogP contribution in [0.4, 0.5) is 0 Å². The average Bonchev–Trinajstić information content (AvgIpc) is 2.85. The summed E-state index contributed by atoms with van der Waals surface area (Å²) in [6, 6.07) is 5.61. The van der Waals surface area contributed by atoms with Gasteiger partial charge in [0.15, 0.2) is 0 Å². The molecule has 1 aliphatic rings. The molecule has 2 aromatic rings. The van der Waals surface area contributed by atoms with E-state index in [1.165, 1.54) is 0 Å². The SMILES string of the molecule is COc1cccc2[nH]cc(CC(=O)NC3(C(=O)O)CCC3)c12. The summed E-state index contributed by atoms with van der Waals surface area (Å²) in [5, 5.41) is 12.8. The Morgan fingerprint density at radius 2 is 2.18 bits per heavy atom. The van der Waals surface area contributed by atoms with Crippen molar-refractivity contribution in [3.05, 3.63) is 30.0 Å². The van der Waals surface area contributed by atoms with E-state index in [4.69, 9.17) is 4.74 Å². The van der Waals surface area contributed by atoms with Crippen molar-refractivity contribution in [2.75, 3.05) is 7.11 Å². The summed E-state index contributed by atoms with van der Waals surface area (Å²) in [5.74, 6) is -0.546. The molecule has 1 amide bonds. The number of aromatic nitrogens is 1. The topological polar surface area (TPSA) is 91.4 Å². The molecule has 116 valence electrons. The quantitative estimate of drug-likeness (QED) is 0.786. The van der Waals surface area contributed by atoms with Gasteiger partial charge in [-0.25, -0.2) is 4.79 Å². The van der Waals surface area contributed by atoms with Gasteiger partial charge in [0.25, 0.3) is 0 Å². The molecule has 0 aliphatic heterocycles. The second-order valence-corrected chi connectivity index (χ2v) is 5.66. The number of hydrogen-bond acceptors (Lipinski definition) is 3. The fourth-order valence-electron chi connectivity index (χ4n) is 2.94. The summed E-state index contributed by atoms with van der Waals surface area (Å²) in [5.41, 5.74) is 0.608. The zero-order valence-electron chi connectivity index (χ0n) is 12.3. The number of carboxylic acids is 1. The minimum atomic E-state index is -1.08. The number of carbonyl (C=O) groups is 2. The molecule has 6 heteroatoms. The Balaban J connectivity index is 1.81. The number of rotatable bonds is 5. The predicted octanol–water partition coefficient (Wildman–Crippen LogP) is 1.84. The molecule has 0 atom stereocenters. The number of methoxy groups -OCH3 is 1. The molecule has 3 rings (SSSR count). The summed E-state index contributed by atoms with van der Waals surface area (Å²) < 4.78 is 5.33. The van der Waals surface area contributed by atoms with E-state index in [1.54, 1.807) is 13.3 Å². The number of hydrogen-bond donors (Lipinski definition) is 3. The van der Waals surface area contributed by atoms with Crippen LogP contribution in [0.15, 0.2) is 24.4 Å². The number of nitrogens with one attached hydrogen (secondary N) is 2. The highest BCUT2D eigenvalue weighted by atomic mass is 16.5. The van der Waals surface area contributed by atoms with Gasteiger partial charge in [0.2, 0.25) is 5.91 Å². The van der Waals surface area contributed by atoms with E-state index < -0.39 is 11.5 Å². The van der Waals surface area contributed by atoms with Crippen LogP contribution in [0.5, 0.6) is 5.75 Å². The smallest absolute Gasteiger partial charge is 0.329 e. The minimum Gasteiger partial charge on any atom is -0.496 e. The first-order chi connectivity index (χ1) is 10.6. The van der Waals surface area contributed by atoms with Gasteiger partial charge >= 0.3 is 5.97 Å². The normalized spacial score (nSPS) is 16.0. The fourth-order valence-corrected chi connectivity index (χ4v) is 2.94. The Morgan fingerprint density at radius 3 is 2.77 bits per heavy atom. The van der Waals surface area contributed by atoms with Gasteiger partial charge in [0.05, 0.1) is 13.5 Å². The summed E-state index contributed by atoms with van der Waals surface area (Å²) in [6.07, 6.45) is 3.69. The van der Waals surface area contributed by atoms with Gasteiger partial charge in [-0.05, 0) is 37.0 Å². The molecular weight excluding hydrogens is 284 g/mol. The maximum Gasteiger partial charge on any atom is 0.329 e. The highest BCUT2D eigenvalue weighted by molar-refractivity contribution is 5.94. The zero-order valence-corrected chi connectivity index (χ0v) is 12.3. The Hall–Kier alpha value is -2.50. The number of fused-ring (bicyclic) bond motifs is 1. The third-order valence-corrected chi connectivity index (χ3v) is 4.32. The highest BCUT2D eigenvalue weighted by Crippen LogP contribution is 2.33. The first-order valence-corrected chi connectivity index (χ1v) is 7.23. The minimum absolute atomic E-state index is 0.120. The van der Waals surface area contributed by atoms with Gasteiger partial charge in [-0.1, -0.05) is 6.07 Å². The molecular formula is C16H18N2O4. The molecule has 0 spiro atoms. The number of aromatic amines is 1. The van der Waals surface area contributed by atoms with E-state index in [-0.39, 0.29) is 12.3 Å². The lowest BCUT2D eigenvalue weighted by atomic mass is 9.76. The second-order valence-electron chi connectivity index (χ2n) is 5.66. The molecule has 1 heterocycles. The molecule has 0 bridgehead atoms. The summed E-state index contributed by atoms with van der Waals surface area (Å²) in [7, 11) is 1.58. The van der Waals surface area contributed by atoms with Crippen LogP contribution in [-0.2, 0) is 16.0 Å². The Labute approximate surface area is 127 Å². The van der Waals surface area contributed by atoms with Crippen LogP contribution in [0.3, 0.4) is 0 Å². The molecule has 1 aromatic heterocycles. The molecule has 0 unspecified atom stereocenters. The molecule has 3 N–H and O–H groups in total. The summed E-state index contributed by atoms with van der Waals surface area (Å²) >= 11 is 0. The highest BCUT2D eigenvalue weighted by Gasteiger charge is 2.45. The van der Waals surface area contributed by atoms with E-state index in [0.29, 0.717) is 18.6 Å². The first kappa shape index (κ1) is 14.4. The Kier molecular flexibility index (Phi) is 3.52. The molecule has 1 saturated carbocycles. The molecule has 22 heavy (non-hydrogen) atoms. The molecule has 1 aliphatic carbocycles. The molecule has 0 saturated heterocycles. The number of amides is 1. The van der Waals surface area contributed by atoms with Gasteiger partial charge in [0.1, 0.15) is 11.3 Å². The predicted molar refractivity (Wildman–Crippen MR) is 80.9 cm³/mol. The fraction of sp³-hybridized carbons (Fsp3) is 0.375. The number of carbonyl (C=O) groups excluding carboxylic acids is 1. The lowest BCUT2D eigenvalue weighted by Gasteiger charge is -2.38. The van der Waals surface area contributed by atoms with Gasteiger partial charge in [-0.3, -0.25) is 4.79 Å². The molecule has 1 aromatic carbocycles. The number of carboxylic acid groups (broad SMARTS) is 1. The van der Waals surface area contributed by atoms with Gasteiger partial charge in [-0.15, -0.1) is 0 Å². The third-order valence-electron chi connectivity index (χ3n) is 4.32. The third kappa shape index (κ3) is 2.30. The number of ether oxygens (including phenoxy) is 1. The van der Waals surface area contributed by atoms with E-state index >= 15 is 0 Å². The van der Waals surface area contributed by atoms with Crippen LogP contribution >= 0.6 is 0 Å². The van der Waals surface area contributed by atoms with E-state index in [2.05, 4.69) is 10.3 Å². The lowest BCUT2D eigenvalue weighted by molar-refractivity contribution is -0.151. The number of aliphatic carboxylic acids is 1. The number of benzene rings is 1. The monoisotopic (exact) mass is 302 g/mol. The van der Waals surface area contributed by atoms with Gasteiger partial charge < -0.3 is 20.1 Å². The van der Waals surface area contributed by atoms with Crippen LogP contribution in [0.2, 0.25) is 0 Å². The Morgan fingerprint density at radius 1 is 1.41 bits per heavy atom. The van der Waals surface area contributed by atoms with Gasteiger partial charge in [-0.2, -0.15) is 0 Å². The van der Waals surface area contributed by atoms with E-state index in [1.807, 2.05) is 18.2 Å². The first-order valence-electron chi connectivity index (χ1n) is 7.23. The van der Waals surface area contributed by atoms with E-state index in [9.17, 15) is 14.7 Å². The maximum absolute atomic E-state index is 12.2. The lowest BCUT2D eigenvalue weighted by Crippen LogP contribution is -2.59. The van der Waals surface area contributed by atoms with Gasteiger partial charge in [0, 0.05) is 17.1 Å². The molecule has 1 fully saturated rings. The zero-order chi connectivity index (χ0) is 15.7. The Bertz CT molecular complexity index is 731. The maximum atomic E-state index is 12.2. The van der Waals surface area contributed by atoms with Crippen LogP contribution in [0.1, 0.15) is 24.8 Å². The van der Waals surface area contributed by atoms with Crippen LogP contribution < -0.4 is 10.1 Å². The summed E-state index contributed by atoms with van der Waals surface area (Å²) in [4.78, 5) is 26.7. The molecule has 0 radical (unpaired) electrons.